The zero-order valence-electron chi connectivity index (χ0n) is 12.7. The molecule has 0 bridgehead atoms. The summed E-state index contributed by atoms with van der Waals surface area (Å²) in [5.41, 5.74) is 0.919. The SMILES string of the molecule is N#Cc1ccc(C(O)(Cn2cncn2)c2ccc(C#N)cc2)cc1. The fraction of sp³-hybridized carbons (Fsp3) is 0.111. The van der Waals surface area contributed by atoms with Crippen LogP contribution in [0.1, 0.15) is 22.3 Å². The lowest BCUT2D eigenvalue weighted by Gasteiger charge is -2.29. The molecular formula is C18H13N5O. The van der Waals surface area contributed by atoms with Gasteiger partial charge in [0, 0.05) is 0 Å². The van der Waals surface area contributed by atoms with Gasteiger partial charge in [-0.2, -0.15) is 15.6 Å². The summed E-state index contributed by atoms with van der Waals surface area (Å²) in [7, 11) is 0. The maximum absolute atomic E-state index is 11.4. The van der Waals surface area contributed by atoms with Gasteiger partial charge in [0.05, 0.1) is 29.8 Å². The molecule has 0 spiro atoms. The second-order valence-electron chi connectivity index (χ2n) is 5.33. The molecule has 24 heavy (non-hydrogen) atoms. The first kappa shape index (κ1) is 15.4. The van der Waals surface area contributed by atoms with E-state index in [1.807, 2.05) is 0 Å². The van der Waals surface area contributed by atoms with Crippen LogP contribution in [-0.4, -0.2) is 19.9 Å². The fourth-order valence-corrected chi connectivity index (χ4v) is 2.54. The highest BCUT2D eigenvalue weighted by Crippen LogP contribution is 2.31. The number of rotatable bonds is 4. The third kappa shape index (κ3) is 2.87. The lowest BCUT2D eigenvalue weighted by Crippen LogP contribution is -2.33. The second-order valence-corrected chi connectivity index (χ2v) is 5.33. The van der Waals surface area contributed by atoms with Crippen LogP contribution in [0, 0.1) is 22.7 Å². The van der Waals surface area contributed by atoms with Gasteiger partial charge in [-0.25, -0.2) is 9.67 Å². The predicted molar refractivity (Wildman–Crippen MR) is 85.3 cm³/mol. The van der Waals surface area contributed by atoms with Crippen molar-refractivity contribution in [3.63, 3.8) is 0 Å². The number of aliphatic hydroxyl groups is 1. The van der Waals surface area contributed by atoms with Crippen molar-refractivity contribution in [1.82, 2.24) is 14.8 Å². The van der Waals surface area contributed by atoms with Crippen molar-refractivity contribution in [2.45, 2.75) is 12.1 Å². The molecule has 0 radical (unpaired) electrons. The molecule has 6 heteroatoms. The molecule has 0 saturated heterocycles. The van der Waals surface area contributed by atoms with E-state index < -0.39 is 5.60 Å². The van der Waals surface area contributed by atoms with Crippen LogP contribution < -0.4 is 0 Å². The summed E-state index contributed by atoms with van der Waals surface area (Å²) in [5, 5.41) is 33.4. The van der Waals surface area contributed by atoms with E-state index >= 15 is 0 Å². The molecule has 1 N–H and O–H groups in total. The Morgan fingerprint density at radius 1 is 0.917 bits per heavy atom. The van der Waals surface area contributed by atoms with Gasteiger partial charge >= 0.3 is 0 Å². The molecular weight excluding hydrogens is 302 g/mol. The number of nitrogens with zero attached hydrogens (tertiary/aromatic N) is 5. The first-order valence-corrected chi connectivity index (χ1v) is 7.22. The highest BCUT2D eigenvalue weighted by atomic mass is 16.3. The van der Waals surface area contributed by atoms with Crippen LogP contribution in [0.5, 0.6) is 0 Å². The lowest BCUT2D eigenvalue weighted by molar-refractivity contribution is 0.0572. The Balaban J connectivity index is 2.08. The first-order valence-electron chi connectivity index (χ1n) is 7.22. The number of hydrogen-bond acceptors (Lipinski definition) is 5. The number of benzene rings is 2. The molecule has 0 fully saturated rings. The lowest BCUT2D eigenvalue weighted by atomic mass is 9.85. The minimum Gasteiger partial charge on any atom is -0.378 e. The van der Waals surface area contributed by atoms with Crippen LogP contribution in [0.3, 0.4) is 0 Å². The highest BCUT2D eigenvalue weighted by Gasteiger charge is 2.32. The van der Waals surface area contributed by atoms with Gasteiger partial charge in [0.1, 0.15) is 18.3 Å². The van der Waals surface area contributed by atoms with E-state index in [1.165, 1.54) is 17.3 Å². The smallest absolute Gasteiger partial charge is 0.137 e. The van der Waals surface area contributed by atoms with Gasteiger partial charge in [0.15, 0.2) is 0 Å². The Bertz CT molecular complexity index is 843. The molecule has 0 amide bonds. The van der Waals surface area contributed by atoms with E-state index in [0.717, 1.165) is 0 Å². The van der Waals surface area contributed by atoms with Gasteiger partial charge in [0.2, 0.25) is 0 Å². The van der Waals surface area contributed by atoms with E-state index in [2.05, 4.69) is 22.2 Å². The Morgan fingerprint density at radius 3 is 1.79 bits per heavy atom. The molecule has 3 rings (SSSR count). The normalized spacial score (nSPS) is 10.8. The van der Waals surface area contributed by atoms with Gasteiger partial charge in [-0.15, -0.1) is 0 Å². The third-order valence-corrected chi connectivity index (χ3v) is 3.84. The molecule has 0 saturated carbocycles. The summed E-state index contributed by atoms with van der Waals surface area (Å²) in [6.07, 6.45) is 2.93. The Morgan fingerprint density at radius 2 is 1.42 bits per heavy atom. The summed E-state index contributed by atoms with van der Waals surface area (Å²) in [4.78, 5) is 3.90. The Kier molecular flexibility index (Phi) is 4.07. The van der Waals surface area contributed by atoms with E-state index in [-0.39, 0.29) is 6.54 Å². The fourth-order valence-electron chi connectivity index (χ4n) is 2.54. The first-order chi connectivity index (χ1) is 11.7. The monoisotopic (exact) mass is 315 g/mol. The largest absolute Gasteiger partial charge is 0.378 e. The molecule has 3 aromatic rings. The molecule has 6 nitrogen and oxygen atoms in total. The maximum Gasteiger partial charge on any atom is 0.137 e. The van der Waals surface area contributed by atoms with Crippen LogP contribution >= 0.6 is 0 Å². The number of nitriles is 2. The topological polar surface area (TPSA) is 98.5 Å². The van der Waals surface area contributed by atoms with Gasteiger partial charge < -0.3 is 5.11 Å². The highest BCUT2D eigenvalue weighted by molar-refractivity contribution is 5.42. The molecule has 2 aromatic carbocycles. The predicted octanol–water partition coefficient (Wildman–Crippen LogP) is 1.96. The van der Waals surface area contributed by atoms with Crippen molar-refractivity contribution in [2.24, 2.45) is 0 Å². The average molecular weight is 315 g/mol. The molecule has 0 aliphatic carbocycles. The molecule has 1 heterocycles. The Hall–Kier alpha value is -3.48. The number of aromatic nitrogens is 3. The van der Waals surface area contributed by atoms with Crippen LogP contribution in [0.25, 0.3) is 0 Å². The van der Waals surface area contributed by atoms with Crippen molar-refractivity contribution in [2.75, 3.05) is 0 Å². The van der Waals surface area contributed by atoms with Crippen LogP contribution in [-0.2, 0) is 12.1 Å². The van der Waals surface area contributed by atoms with E-state index in [1.54, 1.807) is 48.5 Å². The summed E-state index contributed by atoms with van der Waals surface area (Å²) in [6, 6.07) is 17.6. The van der Waals surface area contributed by atoms with Crippen LogP contribution in [0.2, 0.25) is 0 Å². The summed E-state index contributed by atoms with van der Waals surface area (Å²) in [6.45, 7) is 0.158. The minimum absolute atomic E-state index is 0.158. The Labute approximate surface area is 138 Å². The van der Waals surface area contributed by atoms with Gasteiger partial charge in [-0.3, -0.25) is 0 Å². The molecule has 116 valence electrons. The molecule has 0 aliphatic rings. The van der Waals surface area contributed by atoms with Crippen molar-refractivity contribution < 1.29 is 5.11 Å². The summed E-state index contributed by atoms with van der Waals surface area (Å²) >= 11 is 0. The zero-order valence-corrected chi connectivity index (χ0v) is 12.7. The van der Waals surface area contributed by atoms with Crippen molar-refractivity contribution in [3.05, 3.63) is 83.4 Å². The number of hydrogen-bond donors (Lipinski definition) is 1. The van der Waals surface area contributed by atoms with Gasteiger partial charge in [-0.05, 0) is 35.4 Å². The second kappa shape index (κ2) is 6.33. The van der Waals surface area contributed by atoms with Gasteiger partial charge in [0.25, 0.3) is 0 Å². The van der Waals surface area contributed by atoms with Crippen LogP contribution in [0.4, 0.5) is 0 Å². The zero-order chi connectivity index (χ0) is 17.0. The quantitative estimate of drug-likeness (QED) is 0.793. The van der Waals surface area contributed by atoms with Crippen molar-refractivity contribution >= 4 is 0 Å². The van der Waals surface area contributed by atoms with Crippen molar-refractivity contribution in [1.29, 1.82) is 10.5 Å². The standard InChI is InChI=1S/C18H13N5O/c19-9-14-1-5-16(6-2-14)18(24,11-23-13-21-12-22-23)17-7-3-15(10-20)4-8-17/h1-8,12-13,24H,11H2. The van der Waals surface area contributed by atoms with E-state index in [0.29, 0.717) is 22.3 Å². The van der Waals surface area contributed by atoms with Gasteiger partial charge in [-0.1, -0.05) is 24.3 Å². The van der Waals surface area contributed by atoms with E-state index in [9.17, 15) is 5.11 Å². The summed E-state index contributed by atoms with van der Waals surface area (Å²) < 4.78 is 1.54. The maximum atomic E-state index is 11.4. The van der Waals surface area contributed by atoms with Crippen LogP contribution in [0.15, 0.2) is 61.2 Å². The minimum atomic E-state index is -1.37. The van der Waals surface area contributed by atoms with E-state index in [4.69, 9.17) is 10.5 Å². The molecule has 0 unspecified atom stereocenters. The summed E-state index contributed by atoms with van der Waals surface area (Å²) in [5.74, 6) is 0. The molecule has 1 aromatic heterocycles. The van der Waals surface area contributed by atoms with Crippen molar-refractivity contribution in [3.8, 4) is 12.1 Å². The molecule has 0 aliphatic heterocycles. The third-order valence-electron chi connectivity index (χ3n) is 3.84. The molecule has 0 atom stereocenters. The average Bonchev–Trinajstić information content (AvgIpc) is 3.14.